The van der Waals surface area contributed by atoms with E-state index in [9.17, 15) is 0 Å². The molecule has 0 radical (unpaired) electrons. The Balaban J connectivity index is 2.88. The van der Waals surface area contributed by atoms with E-state index in [1.807, 2.05) is 0 Å². The number of allylic oxidation sites excluding steroid dienone is 4. The van der Waals surface area contributed by atoms with Gasteiger partial charge >= 0.3 is 0 Å². The molecule has 56 valence electrons. The minimum atomic E-state index is 0.726. The molecule has 0 fully saturated rings. The van der Waals surface area contributed by atoms with Crippen LogP contribution in [0.5, 0.6) is 0 Å². The summed E-state index contributed by atoms with van der Waals surface area (Å²) in [4.78, 5) is 0. The van der Waals surface area contributed by atoms with E-state index in [-0.39, 0.29) is 0 Å². The van der Waals surface area contributed by atoms with Gasteiger partial charge in [0.05, 0.1) is 0 Å². The van der Waals surface area contributed by atoms with Gasteiger partial charge in [0.1, 0.15) is 0 Å². The Hall–Kier alpha value is -0.520. The van der Waals surface area contributed by atoms with Gasteiger partial charge in [0, 0.05) is 0 Å². The van der Waals surface area contributed by atoms with E-state index >= 15 is 0 Å². The summed E-state index contributed by atoms with van der Waals surface area (Å²) in [5.74, 6) is 1.47. The highest BCUT2D eigenvalue weighted by molar-refractivity contribution is 5.29. The highest BCUT2D eigenvalue weighted by atomic mass is 14.2. The monoisotopic (exact) mass is 136 g/mol. The lowest BCUT2D eigenvalue weighted by molar-refractivity contribution is 0.518. The molecule has 0 aromatic rings. The Morgan fingerprint density at radius 2 is 1.80 bits per heavy atom. The predicted octanol–water partition coefficient (Wildman–Crippen LogP) is 3.16. The summed E-state index contributed by atoms with van der Waals surface area (Å²) in [5, 5.41) is 0. The Labute approximate surface area is 63.6 Å². The summed E-state index contributed by atoms with van der Waals surface area (Å²) >= 11 is 0. The second-order valence-electron chi connectivity index (χ2n) is 3.37. The third-order valence-electron chi connectivity index (χ3n) is 2.74. The predicted molar refractivity (Wildman–Crippen MR) is 45.8 cm³/mol. The van der Waals surface area contributed by atoms with Crippen LogP contribution in [0.4, 0.5) is 0 Å². The highest BCUT2D eigenvalue weighted by Gasteiger charge is 2.15. The molecular weight excluding hydrogens is 120 g/mol. The van der Waals surface area contributed by atoms with E-state index in [4.69, 9.17) is 0 Å². The normalized spacial score (nSPS) is 33.2. The molecule has 0 amide bonds. The van der Waals surface area contributed by atoms with Crippen molar-refractivity contribution < 1.29 is 0 Å². The second kappa shape index (κ2) is 2.61. The maximum atomic E-state index is 2.30. The first kappa shape index (κ1) is 7.59. The van der Waals surface area contributed by atoms with Crippen molar-refractivity contribution in [2.24, 2.45) is 11.8 Å². The second-order valence-corrected chi connectivity index (χ2v) is 3.37. The summed E-state index contributed by atoms with van der Waals surface area (Å²) in [6.45, 7) is 9.00. The largest absolute Gasteiger partial charge is 0.0808 e. The fraction of sp³-hybridized carbons (Fsp3) is 0.600. The van der Waals surface area contributed by atoms with Crippen molar-refractivity contribution in [3.63, 3.8) is 0 Å². The molecule has 2 unspecified atom stereocenters. The van der Waals surface area contributed by atoms with Crippen LogP contribution in [0.2, 0.25) is 0 Å². The van der Waals surface area contributed by atoms with Gasteiger partial charge in [-0.2, -0.15) is 0 Å². The van der Waals surface area contributed by atoms with Crippen LogP contribution in [-0.2, 0) is 0 Å². The van der Waals surface area contributed by atoms with Gasteiger partial charge in [0.25, 0.3) is 0 Å². The smallest absolute Gasteiger partial charge is 0.0168 e. The molecule has 0 aromatic carbocycles. The van der Waals surface area contributed by atoms with Crippen LogP contribution in [-0.4, -0.2) is 0 Å². The van der Waals surface area contributed by atoms with Gasteiger partial charge < -0.3 is 0 Å². The molecule has 1 aliphatic carbocycles. The van der Waals surface area contributed by atoms with Crippen molar-refractivity contribution in [3.8, 4) is 0 Å². The zero-order chi connectivity index (χ0) is 7.72. The maximum Gasteiger partial charge on any atom is -0.0168 e. The van der Waals surface area contributed by atoms with E-state index in [0.717, 1.165) is 11.8 Å². The highest BCUT2D eigenvalue weighted by Crippen LogP contribution is 2.28. The van der Waals surface area contributed by atoms with Crippen molar-refractivity contribution in [2.45, 2.75) is 27.7 Å². The first-order valence-electron chi connectivity index (χ1n) is 3.98. The summed E-state index contributed by atoms with van der Waals surface area (Å²) in [7, 11) is 0. The first-order valence-corrected chi connectivity index (χ1v) is 3.98. The van der Waals surface area contributed by atoms with Gasteiger partial charge in [-0.3, -0.25) is 0 Å². The SMILES string of the molecule is CC1=C(C)C(C)C(C)C=C1. The Kier molecular flexibility index (Phi) is 1.98. The summed E-state index contributed by atoms with van der Waals surface area (Å²) < 4.78 is 0. The van der Waals surface area contributed by atoms with Gasteiger partial charge in [0.15, 0.2) is 0 Å². The Bertz CT molecular complexity index is 184. The van der Waals surface area contributed by atoms with Gasteiger partial charge in [-0.25, -0.2) is 0 Å². The molecule has 0 heterocycles. The molecule has 2 atom stereocenters. The van der Waals surface area contributed by atoms with E-state index in [0.29, 0.717) is 0 Å². The van der Waals surface area contributed by atoms with E-state index in [1.165, 1.54) is 5.57 Å². The molecule has 0 heteroatoms. The van der Waals surface area contributed by atoms with Gasteiger partial charge in [-0.05, 0) is 25.7 Å². The average Bonchev–Trinajstić information content (AvgIpc) is 1.93. The van der Waals surface area contributed by atoms with Gasteiger partial charge in [0.2, 0.25) is 0 Å². The number of hydrogen-bond acceptors (Lipinski definition) is 0. The van der Waals surface area contributed by atoms with Crippen LogP contribution in [0.3, 0.4) is 0 Å². The third kappa shape index (κ3) is 1.16. The Morgan fingerprint density at radius 1 is 1.20 bits per heavy atom. The summed E-state index contributed by atoms with van der Waals surface area (Å²) in [5.41, 5.74) is 3.00. The fourth-order valence-electron chi connectivity index (χ4n) is 1.35. The van der Waals surface area contributed by atoms with Crippen LogP contribution in [0.15, 0.2) is 23.3 Å². The van der Waals surface area contributed by atoms with Crippen molar-refractivity contribution >= 4 is 0 Å². The van der Waals surface area contributed by atoms with Crippen LogP contribution in [0.1, 0.15) is 27.7 Å². The molecule has 0 nitrogen and oxygen atoms in total. The van der Waals surface area contributed by atoms with Gasteiger partial charge in [-0.15, -0.1) is 0 Å². The number of hydrogen-bond donors (Lipinski definition) is 0. The zero-order valence-electron chi connectivity index (χ0n) is 7.31. The molecular formula is C10H16. The lowest BCUT2D eigenvalue weighted by atomic mass is 9.83. The lowest BCUT2D eigenvalue weighted by Crippen LogP contribution is -2.11. The molecule has 0 spiro atoms. The molecule has 1 aliphatic rings. The molecule has 0 N–H and O–H groups in total. The topological polar surface area (TPSA) is 0 Å². The molecule has 10 heavy (non-hydrogen) atoms. The molecule has 0 bridgehead atoms. The zero-order valence-corrected chi connectivity index (χ0v) is 7.31. The van der Waals surface area contributed by atoms with Crippen molar-refractivity contribution in [1.82, 2.24) is 0 Å². The Morgan fingerprint density at radius 3 is 2.30 bits per heavy atom. The van der Waals surface area contributed by atoms with Crippen LogP contribution >= 0.6 is 0 Å². The summed E-state index contributed by atoms with van der Waals surface area (Å²) in [6.07, 6.45) is 4.53. The minimum Gasteiger partial charge on any atom is -0.0808 e. The fourth-order valence-corrected chi connectivity index (χ4v) is 1.35. The summed E-state index contributed by atoms with van der Waals surface area (Å²) in [6, 6.07) is 0. The molecule has 0 aromatic heterocycles. The maximum absolute atomic E-state index is 2.30. The first-order chi connectivity index (χ1) is 4.63. The molecule has 0 aliphatic heterocycles. The minimum absolute atomic E-state index is 0.726. The van der Waals surface area contributed by atoms with E-state index in [1.54, 1.807) is 5.57 Å². The standard InChI is InChI=1S/C10H16/c1-7-5-6-8(2)10(4)9(7)3/h5-7,9H,1-4H3. The van der Waals surface area contributed by atoms with Crippen LogP contribution in [0.25, 0.3) is 0 Å². The van der Waals surface area contributed by atoms with E-state index in [2.05, 4.69) is 39.8 Å². The van der Waals surface area contributed by atoms with Crippen molar-refractivity contribution in [3.05, 3.63) is 23.3 Å². The average molecular weight is 136 g/mol. The van der Waals surface area contributed by atoms with Crippen molar-refractivity contribution in [1.29, 1.82) is 0 Å². The van der Waals surface area contributed by atoms with E-state index < -0.39 is 0 Å². The lowest BCUT2D eigenvalue weighted by Gasteiger charge is -2.23. The number of rotatable bonds is 0. The van der Waals surface area contributed by atoms with Gasteiger partial charge in [-0.1, -0.05) is 37.1 Å². The third-order valence-corrected chi connectivity index (χ3v) is 2.74. The van der Waals surface area contributed by atoms with Crippen molar-refractivity contribution in [2.75, 3.05) is 0 Å². The molecule has 0 saturated carbocycles. The molecule has 0 saturated heterocycles. The van der Waals surface area contributed by atoms with Crippen LogP contribution in [0, 0.1) is 11.8 Å². The molecule has 1 rings (SSSR count). The quantitative estimate of drug-likeness (QED) is 0.480. The van der Waals surface area contributed by atoms with Crippen LogP contribution < -0.4 is 0 Å².